The maximum atomic E-state index is 5.87. The lowest BCUT2D eigenvalue weighted by Crippen LogP contribution is -2.00. The van der Waals surface area contributed by atoms with Crippen LogP contribution >= 0.6 is 15.9 Å². The predicted molar refractivity (Wildman–Crippen MR) is 79.9 cm³/mol. The summed E-state index contributed by atoms with van der Waals surface area (Å²) in [5.74, 6) is 2.49. The monoisotopic (exact) mass is 335 g/mol. The minimum Gasteiger partial charge on any atom is -0.490 e. The molecule has 0 aliphatic carbocycles. The highest BCUT2D eigenvalue weighted by Gasteiger charge is 2.14. The predicted octanol–water partition coefficient (Wildman–Crippen LogP) is 2.96. The lowest BCUT2D eigenvalue weighted by Gasteiger charge is -2.10. The summed E-state index contributed by atoms with van der Waals surface area (Å²) < 4.78 is 12.0. The highest BCUT2D eigenvalue weighted by molar-refractivity contribution is 9.10. The fourth-order valence-corrected chi connectivity index (χ4v) is 2.19. The van der Waals surface area contributed by atoms with Crippen LogP contribution in [0.2, 0.25) is 0 Å². The van der Waals surface area contributed by atoms with Crippen molar-refractivity contribution < 1.29 is 9.47 Å². The van der Waals surface area contributed by atoms with Crippen molar-refractivity contribution in [2.45, 2.75) is 13.3 Å². The Morgan fingerprint density at radius 2 is 1.90 bits per heavy atom. The highest BCUT2D eigenvalue weighted by atomic mass is 79.9. The van der Waals surface area contributed by atoms with Gasteiger partial charge in [-0.1, -0.05) is 0 Å². The first-order valence-electron chi connectivity index (χ1n) is 6.35. The van der Waals surface area contributed by atoms with Crippen LogP contribution in [0.25, 0.3) is 11.4 Å². The van der Waals surface area contributed by atoms with E-state index in [4.69, 9.17) is 15.2 Å². The van der Waals surface area contributed by atoms with E-state index in [9.17, 15) is 0 Å². The fourth-order valence-electron chi connectivity index (χ4n) is 2.01. The van der Waals surface area contributed by atoms with Crippen molar-refractivity contribution in [1.29, 1.82) is 0 Å². The molecule has 6 heteroatoms. The minimum absolute atomic E-state index is 0.430. The minimum atomic E-state index is 0.430. The zero-order chi connectivity index (χ0) is 14.1. The molecule has 1 aliphatic rings. The van der Waals surface area contributed by atoms with E-state index in [2.05, 4.69) is 25.9 Å². The number of hydrogen-bond donors (Lipinski definition) is 1. The van der Waals surface area contributed by atoms with Crippen molar-refractivity contribution in [3.8, 4) is 22.9 Å². The molecule has 0 saturated carbocycles. The van der Waals surface area contributed by atoms with Crippen molar-refractivity contribution in [1.82, 2.24) is 9.97 Å². The number of nitrogen functional groups attached to an aromatic ring is 1. The van der Waals surface area contributed by atoms with E-state index >= 15 is 0 Å². The average molecular weight is 336 g/mol. The lowest BCUT2D eigenvalue weighted by molar-refractivity contribution is 0.297. The number of anilines is 1. The highest BCUT2D eigenvalue weighted by Crippen LogP contribution is 2.34. The quantitative estimate of drug-likeness (QED) is 0.867. The van der Waals surface area contributed by atoms with Gasteiger partial charge in [-0.2, -0.15) is 0 Å². The van der Waals surface area contributed by atoms with Crippen molar-refractivity contribution in [3.05, 3.63) is 28.4 Å². The summed E-state index contributed by atoms with van der Waals surface area (Å²) in [7, 11) is 0. The number of nitrogens with two attached hydrogens (primary N) is 1. The smallest absolute Gasteiger partial charge is 0.161 e. The molecule has 0 atom stereocenters. The molecule has 2 heterocycles. The number of aromatic nitrogens is 2. The van der Waals surface area contributed by atoms with E-state index in [0.29, 0.717) is 24.9 Å². The largest absolute Gasteiger partial charge is 0.490 e. The number of nitrogens with zero attached hydrogens (tertiary/aromatic N) is 2. The van der Waals surface area contributed by atoms with Gasteiger partial charge in [-0.3, -0.25) is 0 Å². The van der Waals surface area contributed by atoms with E-state index in [1.54, 1.807) is 0 Å². The molecule has 0 unspecified atom stereocenters. The summed E-state index contributed by atoms with van der Waals surface area (Å²) in [5.41, 5.74) is 7.53. The summed E-state index contributed by atoms with van der Waals surface area (Å²) in [6.45, 7) is 3.21. The van der Waals surface area contributed by atoms with Crippen molar-refractivity contribution >= 4 is 21.7 Å². The Kier molecular flexibility index (Phi) is 3.48. The van der Waals surface area contributed by atoms with Crippen molar-refractivity contribution in [2.24, 2.45) is 0 Å². The normalized spacial score (nSPS) is 13.9. The Balaban J connectivity index is 2.04. The van der Waals surface area contributed by atoms with Crippen LogP contribution in [-0.4, -0.2) is 23.2 Å². The topological polar surface area (TPSA) is 70.3 Å². The third kappa shape index (κ3) is 2.43. The van der Waals surface area contributed by atoms with E-state index in [-0.39, 0.29) is 0 Å². The maximum Gasteiger partial charge on any atom is 0.161 e. The molecule has 20 heavy (non-hydrogen) atoms. The van der Waals surface area contributed by atoms with Gasteiger partial charge in [0.1, 0.15) is 5.82 Å². The van der Waals surface area contributed by atoms with Crippen LogP contribution in [0.15, 0.2) is 22.7 Å². The fraction of sp³-hybridized carbons (Fsp3) is 0.286. The summed E-state index contributed by atoms with van der Waals surface area (Å²) in [5, 5.41) is 0. The summed E-state index contributed by atoms with van der Waals surface area (Å²) in [6.07, 6.45) is 0.880. The number of hydrogen-bond acceptors (Lipinski definition) is 5. The lowest BCUT2D eigenvalue weighted by atomic mass is 10.2. The molecule has 5 nitrogen and oxygen atoms in total. The second-order valence-electron chi connectivity index (χ2n) is 4.54. The molecule has 0 amide bonds. The van der Waals surface area contributed by atoms with Crippen LogP contribution < -0.4 is 15.2 Å². The van der Waals surface area contributed by atoms with Crippen LogP contribution in [0.5, 0.6) is 11.5 Å². The Labute approximate surface area is 125 Å². The number of ether oxygens (including phenoxy) is 2. The maximum absolute atomic E-state index is 5.87. The van der Waals surface area contributed by atoms with Gasteiger partial charge in [0.05, 0.1) is 23.4 Å². The first-order valence-corrected chi connectivity index (χ1v) is 7.14. The van der Waals surface area contributed by atoms with Gasteiger partial charge in [0, 0.05) is 12.0 Å². The van der Waals surface area contributed by atoms with Gasteiger partial charge >= 0.3 is 0 Å². The first kappa shape index (κ1) is 13.2. The number of aryl methyl sites for hydroxylation is 1. The van der Waals surface area contributed by atoms with Crippen molar-refractivity contribution in [3.63, 3.8) is 0 Å². The molecule has 1 aromatic carbocycles. The van der Waals surface area contributed by atoms with E-state index in [0.717, 1.165) is 33.6 Å². The third-order valence-electron chi connectivity index (χ3n) is 3.05. The molecular formula is C14H14BrN3O2. The summed E-state index contributed by atoms with van der Waals surface area (Å²) in [6, 6.07) is 5.69. The van der Waals surface area contributed by atoms with Gasteiger partial charge in [-0.25, -0.2) is 9.97 Å². The second kappa shape index (κ2) is 5.28. The molecule has 2 aromatic rings. The van der Waals surface area contributed by atoms with E-state index in [1.807, 2.05) is 25.1 Å². The molecule has 0 spiro atoms. The molecule has 0 radical (unpaired) electrons. The number of rotatable bonds is 1. The standard InChI is InChI=1S/C14H14BrN3O2/c1-8-12(15)13(16)18-14(17-8)9-3-4-10-11(7-9)20-6-2-5-19-10/h3-4,7H,2,5-6H2,1H3,(H2,16,17,18). The van der Waals surface area contributed by atoms with Crippen LogP contribution in [0.4, 0.5) is 5.82 Å². The Hall–Kier alpha value is -1.82. The number of fused-ring (bicyclic) bond motifs is 1. The second-order valence-corrected chi connectivity index (χ2v) is 5.34. The Morgan fingerprint density at radius 1 is 1.15 bits per heavy atom. The third-order valence-corrected chi connectivity index (χ3v) is 4.03. The Morgan fingerprint density at radius 3 is 2.65 bits per heavy atom. The molecule has 0 bridgehead atoms. The molecule has 2 N–H and O–H groups in total. The molecular weight excluding hydrogens is 322 g/mol. The van der Waals surface area contributed by atoms with Crippen LogP contribution in [-0.2, 0) is 0 Å². The zero-order valence-electron chi connectivity index (χ0n) is 11.0. The molecule has 1 aromatic heterocycles. The van der Waals surface area contributed by atoms with E-state index in [1.165, 1.54) is 0 Å². The van der Waals surface area contributed by atoms with Gasteiger partial charge in [0.15, 0.2) is 17.3 Å². The van der Waals surface area contributed by atoms with E-state index < -0.39 is 0 Å². The number of benzene rings is 1. The number of halogens is 1. The van der Waals surface area contributed by atoms with Crippen LogP contribution in [0.1, 0.15) is 12.1 Å². The summed E-state index contributed by atoms with van der Waals surface area (Å²) >= 11 is 3.36. The summed E-state index contributed by atoms with van der Waals surface area (Å²) in [4.78, 5) is 8.74. The van der Waals surface area contributed by atoms with Crippen LogP contribution in [0.3, 0.4) is 0 Å². The van der Waals surface area contributed by atoms with Crippen LogP contribution in [0, 0.1) is 6.92 Å². The van der Waals surface area contributed by atoms with Gasteiger partial charge in [0.25, 0.3) is 0 Å². The molecule has 1 aliphatic heterocycles. The molecule has 3 rings (SSSR count). The van der Waals surface area contributed by atoms with Gasteiger partial charge in [-0.05, 0) is 41.1 Å². The van der Waals surface area contributed by atoms with Gasteiger partial charge < -0.3 is 15.2 Å². The Bertz CT molecular complexity index is 638. The zero-order valence-corrected chi connectivity index (χ0v) is 12.6. The SMILES string of the molecule is Cc1nc(-c2ccc3c(c2)OCCCO3)nc(N)c1Br. The van der Waals surface area contributed by atoms with Gasteiger partial charge in [0.2, 0.25) is 0 Å². The molecule has 0 saturated heterocycles. The van der Waals surface area contributed by atoms with Gasteiger partial charge in [-0.15, -0.1) is 0 Å². The first-order chi connectivity index (χ1) is 9.65. The molecule has 0 fully saturated rings. The average Bonchev–Trinajstić information content (AvgIpc) is 2.68. The molecule has 104 valence electrons. The van der Waals surface area contributed by atoms with Crippen molar-refractivity contribution in [2.75, 3.05) is 18.9 Å².